The molecule has 0 saturated heterocycles. The van der Waals surface area contributed by atoms with Gasteiger partial charge in [-0.05, 0) is 12.1 Å². The Labute approximate surface area is 124 Å². The Morgan fingerprint density at radius 2 is 1.73 bits per heavy atom. The van der Waals surface area contributed by atoms with Gasteiger partial charge in [-0.15, -0.1) is 0 Å². The van der Waals surface area contributed by atoms with Crippen molar-refractivity contribution in [1.82, 2.24) is 9.97 Å². The summed E-state index contributed by atoms with van der Waals surface area (Å²) in [5, 5.41) is 1.56. The van der Waals surface area contributed by atoms with Crippen molar-refractivity contribution in [2.45, 2.75) is 0 Å². The minimum atomic E-state index is -2.04. The van der Waals surface area contributed by atoms with Gasteiger partial charge in [-0.3, -0.25) is 4.79 Å². The molecule has 0 spiro atoms. The van der Waals surface area contributed by atoms with Gasteiger partial charge in [0.15, 0.2) is 28.4 Å². The summed E-state index contributed by atoms with van der Waals surface area (Å²) >= 11 is 0.476. The Balaban J connectivity index is 2.23. The molecule has 4 nitrogen and oxygen atoms in total. The monoisotopic (exact) mass is 327 g/mol. The van der Waals surface area contributed by atoms with Crippen LogP contribution in [0.5, 0.6) is 0 Å². The van der Waals surface area contributed by atoms with E-state index in [1.807, 2.05) is 0 Å². The number of rotatable bonds is 2. The standard InChI is InChI=1S/C13H5F4N3OS/c14-7-6-11(10(17)9(16)8(7)15)22-13(20-12(6)21)19-5-3-1-2-4-18-5/h1-4H,(H,18,19,20,21). The van der Waals surface area contributed by atoms with Crippen LogP contribution in [0.15, 0.2) is 29.2 Å². The van der Waals surface area contributed by atoms with E-state index in [1.165, 1.54) is 6.20 Å². The van der Waals surface area contributed by atoms with Crippen LogP contribution < -0.4 is 10.9 Å². The molecule has 9 heteroatoms. The van der Waals surface area contributed by atoms with Gasteiger partial charge in [-0.2, -0.15) is 4.98 Å². The lowest BCUT2D eigenvalue weighted by Crippen LogP contribution is -2.12. The van der Waals surface area contributed by atoms with Gasteiger partial charge in [0.05, 0.1) is 4.70 Å². The number of anilines is 2. The van der Waals surface area contributed by atoms with Crippen LogP contribution in [0.2, 0.25) is 0 Å². The lowest BCUT2D eigenvalue weighted by Gasteiger charge is -2.06. The van der Waals surface area contributed by atoms with Crippen molar-refractivity contribution in [2.75, 3.05) is 5.32 Å². The molecule has 1 aromatic carbocycles. The van der Waals surface area contributed by atoms with E-state index in [1.54, 1.807) is 18.2 Å². The normalized spacial score (nSPS) is 10.9. The molecule has 1 N–H and O–H groups in total. The second kappa shape index (κ2) is 5.34. The third kappa shape index (κ3) is 2.29. The van der Waals surface area contributed by atoms with E-state index in [-0.39, 0.29) is 5.13 Å². The van der Waals surface area contributed by atoms with Crippen molar-refractivity contribution in [3.8, 4) is 0 Å². The third-order valence-corrected chi connectivity index (χ3v) is 3.71. The van der Waals surface area contributed by atoms with Crippen LogP contribution in [0, 0.1) is 23.3 Å². The van der Waals surface area contributed by atoms with Gasteiger partial charge in [0.2, 0.25) is 0 Å². The van der Waals surface area contributed by atoms with Crippen molar-refractivity contribution in [3.05, 3.63) is 58.0 Å². The van der Waals surface area contributed by atoms with Gasteiger partial charge in [0, 0.05) is 6.20 Å². The summed E-state index contributed by atoms with van der Waals surface area (Å²) in [4.78, 5) is 19.2. The van der Waals surface area contributed by atoms with Crippen LogP contribution in [-0.4, -0.2) is 9.97 Å². The summed E-state index contributed by atoms with van der Waals surface area (Å²) in [6.07, 6.45) is 1.46. The molecular formula is C13H5F4N3OS. The Hall–Kier alpha value is -2.55. The van der Waals surface area contributed by atoms with E-state index in [0.29, 0.717) is 17.2 Å². The molecule has 0 amide bonds. The third-order valence-electron chi connectivity index (χ3n) is 2.74. The lowest BCUT2D eigenvalue weighted by molar-refractivity contribution is 0.418. The fourth-order valence-electron chi connectivity index (χ4n) is 1.77. The second-order valence-electron chi connectivity index (χ2n) is 4.12. The number of aromatic nitrogens is 2. The molecule has 2 heterocycles. The first-order chi connectivity index (χ1) is 10.5. The van der Waals surface area contributed by atoms with E-state index in [9.17, 15) is 22.4 Å². The summed E-state index contributed by atoms with van der Waals surface area (Å²) in [7, 11) is 0. The van der Waals surface area contributed by atoms with Gasteiger partial charge < -0.3 is 5.32 Å². The van der Waals surface area contributed by atoms with Gasteiger partial charge in [0.25, 0.3) is 5.56 Å². The molecule has 2 aromatic heterocycles. The van der Waals surface area contributed by atoms with E-state index < -0.39 is 38.9 Å². The highest BCUT2D eigenvalue weighted by Crippen LogP contribution is 2.30. The van der Waals surface area contributed by atoms with Crippen LogP contribution in [-0.2, 0) is 0 Å². The van der Waals surface area contributed by atoms with Crippen molar-refractivity contribution in [3.63, 3.8) is 0 Å². The number of hydrogen-bond acceptors (Lipinski definition) is 5. The second-order valence-corrected chi connectivity index (χ2v) is 5.12. The number of halogens is 4. The Morgan fingerprint density at radius 1 is 1.00 bits per heavy atom. The van der Waals surface area contributed by atoms with Crippen LogP contribution in [0.25, 0.3) is 10.1 Å². The van der Waals surface area contributed by atoms with Gasteiger partial charge in [-0.1, -0.05) is 17.4 Å². The predicted molar refractivity (Wildman–Crippen MR) is 73.2 cm³/mol. The molecule has 0 aliphatic heterocycles. The Kier molecular flexibility index (Phi) is 3.49. The predicted octanol–water partition coefficient (Wildman–Crippen LogP) is 3.35. The summed E-state index contributed by atoms with van der Waals surface area (Å²) in [6, 6.07) is 4.84. The molecule has 0 fully saturated rings. The molecular weight excluding hydrogens is 322 g/mol. The van der Waals surface area contributed by atoms with E-state index in [0.717, 1.165) is 0 Å². The van der Waals surface area contributed by atoms with Crippen LogP contribution in [0.3, 0.4) is 0 Å². The molecule has 0 saturated carbocycles. The molecule has 0 radical (unpaired) electrons. The molecule has 0 aliphatic carbocycles. The van der Waals surface area contributed by atoms with Gasteiger partial charge >= 0.3 is 0 Å². The van der Waals surface area contributed by atoms with E-state index >= 15 is 0 Å². The zero-order valence-corrected chi connectivity index (χ0v) is 11.3. The molecule has 0 atom stereocenters. The summed E-state index contributed by atoms with van der Waals surface area (Å²) in [5.41, 5.74) is -1.21. The minimum Gasteiger partial charge on any atom is -0.316 e. The average molecular weight is 327 g/mol. The smallest absolute Gasteiger partial charge is 0.284 e. The zero-order chi connectivity index (χ0) is 15.9. The number of nitrogens with one attached hydrogen (secondary N) is 1. The first kappa shape index (κ1) is 14.4. The van der Waals surface area contributed by atoms with Crippen LogP contribution in [0.4, 0.5) is 28.5 Å². The fourth-order valence-corrected chi connectivity index (χ4v) is 2.70. The number of fused-ring (bicyclic) bond motifs is 1. The van der Waals surface area contributed by atoms with Crippen molar-refractivity contribution >= 4 is 32.4 Å². The number of pyridine rings is 1. The first-order valence-corrected chi connectivity index (χ1v) is 6.65. The maximum Gasteiger partial charge on any atom is 0.284 e. The molecule has 22 heavy (non-hydrogen) atoms. The summed E-state index contributed by atoms with van der Waals surface area (Å²) in [6.45, 7) is 0. The number of nitrogens with zero attached hydrogens (tertiary/aromatic N) is 2. The first-order valence-electron chi connectivity index (χ1n) is 5.84. The quantitative estimate of drug-likeness (QED) is 0.445. The van der Waals surface area contributed by atoms with E-state index in [2.05, 4.69) is 15.3 Å². The zero-order valence-electron chi connectivity index (χ0n) is 10.5. The number of hydrogen-bond donors (Lipinski definition) is 1. The highest BCUT2D eigenvalue weighted by Gasteiger charge is 2.24. The van der Waals surface area contributed by atoms with Crippen molar-refractivity contribution in [2.24, 2.45) is 0 Å². The highest BCUT2D eigenvalue weighted by molar-refractivity contribution is 7.21. The largest absolute Gasteiger partial charge is 0.316 e. The Bertz CT molecular complexity index is 930. The SMILES string of the molecule is O=c1nc(Nc2ccccn2)sc2c(F)c(F)c(F)c(F)c12. The van der Waals surface area contributed by atoms with Gasteiger partial charge in [-0.25, -0.2) is 22.5 Å². The number of benzene rings is 1. The minimum absolute atomic E-state index is 0.125. The maximum absolute atomic E-state index is 13.8. The summed E-state index contributed by atoms with van der Waals surface area (Å²) < 4.78 is 53.2. The summed E-state index contributed by atoms with van der Waals surface area (Å²) in [5.74, 6) is -7.11. The highest BCUT2D eigenvalue weighted by atomic mass is 32.1. The van der Waals surface area contributed by atoms with Crippen molar-refractivity contribution < 1.29 is 17.6 Å². The molecule has 3 aromatic rings. The van der Waals surface area contributed by atoms with Crippen LogP contribution >= 0.6 is 11.3 Å². The topological polar surface area (TPSA) is 54.9 Å². The average Bonchev–Trinajstić information content (AvgIpc) is 2.51. The molecule has 0 bridgehead atoms. The van der Waals surface area contributed by atoms with Gasteiger partial charge in [0.1, 0.15) is 11.2 Å². The molecule has 0 unspecified atom stereocenters. The maximum atomic E-state index is 13.8. The Morgan fingerprint density at radius 3 is 2.41 bits per heavy atom. The molecule has 3 rings (SSSR count). The molecule has 0 aliphatic rings. The van der Waals surface area contributed by atoms with E-state index in [4.69, 9.17) is 0 Å². The van der Waals surface area contributed by atoms with Crippen LogP contribution in [0.1, 0.15) is 0 Å². The molecule has 112 valence electrons. The fraction of sp³-hybridized carbons (Fsp3) is 0. The lowest BCUT2D eigenvalue weighted by atomic mass is 10.2. The van der Waals surface area contributed by atoms with Crippen molar-refractivity contribution in [1.29, 1.82) is 0 Å².